The van der Waals surface area contributed by atoms with Crippen LogP contribution in [0.1, 0.15) is 13.8 Å². The Morgan fingerprint density at radius 2 is 1.29 bits per heavy atom. The number of carbonyl (C=O) groups excluding carboxylic acids is 3. The minimum absolute atomic E-state index is 0.499. The monoisotopic (exact) mass is 202 g/mol. The van der Waals surface area contributed by atoms with E-state index in [0.717, 1.165) is 0 Å². The molecule has 0 amide bonds. The molecule has 0 unspecified atom stereocenters. The largest absolute Gasteiger partial charge is 0.349 e. The number of Topliss-reactive ketones (excluding diaryl/α,β-unsaturated/α-hetero) is 3. The van der Waals surface area contributed by atoms with Crippen LogP contribution in [0.25, 0.3) is 0 Å². The maximum Gasteiger partial charge on any atom is 0.218 e. The van der Waals surface area contributed by atoms with Crippen LogP contribution in [0.5, 0.6) is 0 Å². The average Bonchev–Trinajstić information content (AvgIpc) is 2.04. The molecule has 0 bridgehead atoms. The smallest absolute Gasteiger partial charge is 0.218 e. The predicted molar refractivity (Wildman–Crippen MR) is 47.7 cm³/mol. The molecule has 0 fully saturated rings. The first-order valence-corrected chi connectivity index (χ1v) is 4.05. The summed E-state index contributed by atoms with van der Waals surface area (Å²) in [6.45, 7) is 2.37. The molecule has 0 aliphatic rings. The predicted octanol–water partition coefficient (Wildman–Crippen LogP) is -0.0314. The van der Waals surface area contributed by atoms with Crippen molar-refractivity contribution in [3.8, 4) is 0 Å². The van der Waals surface area contributed by atoms with E-state index in [-0.39, 0.29) is 0 Å². The maximum atomic E-state index is 11.5. The summed E-state index contributed by atoms with van der Waals surface area (Å²) in [5.41, 5.74) is 0. The highest BCUT2D eigenvalue weighted by atomic mass is 16.7. The zero-order chi connectivity index (χ0) is 11.3. The first-order chi connectivity index (χ1) is 6.45. The summed E-state index contributed by atoms with van der Waals surface area (Å²) in [7, 11) is 2.53. The molecule has 0 atom stereocenters. The second-order valence-electron chi connectivity index (χ2n) is 2.86. The Morgan fingerprint density at radius 1 is 0.929 bits per heavy atom. The molecule has 0 saturated heterocycles. The fraction of sp³-hybridized carbons (Fsp3) is 0.667. The van der Waals surface area contributed by atoms with Crippen LogP contribution in [-0.2, 0) is 23.9 Å². The molecule has 0 aromatic rings. The van der Waals surface area contributed by atoms with Crippen molar-refractivity contribution in [2.45, 2.75) is 20.1 Å². The molecule has 0 aliphatic carbocycles. The maximum absolute atomic E-state index is 11.5. The molecule has 0 heterocycles. The van der Waals surface area contributed by atoms with Crippen molar-refractivity contribution in [1.29, 1.82) is 0 Å². The summed E-state index contributed by atoms with van der Waals surface area (Å²) >= 11 is 0. The number of ketones is 3. The van der Waals surface area contributed by atoms with Crippen LogP contribution in [0.2, 0.25) is 0 Å². The van der Waals surface area contributed by atoms with Gasteiger partial charge in [0.05, 0.1) is 0 Å². The molecule has 5 heteroatoms. The molecular weight excluding hydrogens is 188 g/mol. The summed E-state index contributed by atoms with van der Waals surface area (Å²) in [5, 5.41) is 0. The van der Waals surface area contributed by atoms with Gasteiger partial charge in [-0.15, -0.1) is 0 Å². The number of hydrogen-bond donors (Lipinski definition) is 0. The van der Waals surface area contributed by atoms with Gasteiger partial charge in [-0.1, -0.05) is 0 Å². The molecule has 80 valence electrons. The Hall–Kier alpha value is -1.07. The van der Waals surface area contributed by atoms with E-state index in [4.69, 9.17) is 0 Å². The molecule has 0 radical (unpaired) electrons. The molecular formula is C9H14O5. The molecule has 0 aromatic heterocycles. The van der Waals surface area contributed by atoms with Crippen molar-refractivity contribution in [3.05, 3.63) is 0 Å². The SMILES string of the molecule is COC(OC)C(=O)C(C(C)=O)C(C)=O. The van der Waals surface area contributed by atoms with E-state index in [9.17, 15) is 14.4 Å². The molecule has 0 spiro atoms. The summed E-state index contributed by atoms with van der Waals surface area (Å²) in [5.74, 6) is -2.93. The van der Waals surface area contributed by atoms with Gasteiger partial charge >= 0.3 is 0 Å². The van der Waals surface area contributed by atoms with Crippen molar-refractivity contribution in [3.63, 3.8) is 0 Å². The van der Waals surface area contributed by atoms with E-state index in [1.165, 1.54) is 28.1 Å². The van der Waals surface area contributed by atoms with Crippen molar-refractivity contribution < 1.29 is 23.9 Å². The second-order valence-corrected chi connectivity index (χ2v) is 2.86. The molecule has 0 aromatic carbocycles. The summed E-state index contributed by atoms with van der Waals surface area (Å²) in [6, 6.07) is 0. The third kappa shape index (κ3) is 3.01. The van der Waals surface area contributed by atoms with E-state index in [1.54, 1.807) is 0 Å². The van der Waals surface area contributed by atoms with Gasteiger partial charge in [0.15, 0.2) is 0 Å². The van der Waals surface area contributed by atoms with Gasteiger partial charge < -0.3 is 9.47 Å². The quantitative estimate of drug-likeness (QED) is 0.447. The second kappa shape index (κ2) is 5.62. The Balaban J connectivity index is 4.76. The van der Waals surface area contributed by atoms with Gasteiger partial charge in [0.2, 0.25) is 12.1 Å². The van der Waals surface area contributed by atoms with Gasteiger partial charge in [-0.3, -0.25) is 14.4 Å². The lowest BCUT2D eigenvalue weighted by Gasteiger charge is -2.16. The van der Waals surface area contributed by atoms with Crippen molar-refractivity contribution in [1.82, 2.24) is 0 Å². The third-order valence-corrected chi connectivity index (χ3v) is 1.76. The Labute approximate surface area is 82.4 Å². The lowest BCUT2D eigenvalue weighted by molar-refractivity contribution is -0.164. The van der Waals surface area contributed by atoms with E-state index >= 15 is 0 Å². The molecule has 0 saturated carbocycles. The van der Waals surface area contributed by atoms with Crippen LogP contribution in [0.15, 0.2) is 0 Å². The Morgan fingerprint density at radius 3 is 1.50 bits per heavy atom. The fourth-order valence-corrected chi connectivity index (χ4v) is 1.15. The first-order valence-electron chi connectivity index (χ1n) is 4.05. The minimum Gasteiger partial charge on any atom is -0.349 e. The van der Waals surface area contributed by atoms with Crippen LogP contribution in [0.4, 0.5) is 0 Å². The van der Waals surface area contributed by atoms with E-state index in [1.807, 2.05) is 0 Å². The van der Waals surface area contributed by atoms with Gasteiger partial charge in [0.25, 0.3) is 0 Å². The van der Waals surface area contributed by atoms with Crippen LogP contribution in [-0.4, -0.2) is 37.9 Å². The molecule has 0 N–H and O–H groups in total. The number of rotatable bonds is 6. The van der Waals surface area contributed by atoms with Crippen LogP contribution in [0.3, 0.4) is 0 Å². The van der Waals surface area contributed by atoms with E-state index in [0.29, 0.717) is 0 Å². The van der Waals surface area contributed by atoms with Gasteiger partial charge in [-0.25, -0.2) is 0 Å². The minimum atomic E-state index is -1.28. The lowest BCUT2D eigenvalue weighted by Crippen LogP contribution is -2.38. The standard InChI is InChI=1S/C9H14O5/c1-5(10)7(6(2)11)8(12)9(13-3)14-4/h7,9H,1-4H3. The highest BCUT2D eigenvalue weighted by molar-refractivity contribution is 6.18. The number of ether oxygens (including phenoxy) is 2. The topological polar surface area (TPSA) is 69.7 Å². The average molecular weight is 202 g/mol. The van der Waals surface area contributed by atoms with Gasteiger partial charge in [0, 0.05) is 14.2 Å². The molecule has 0 aliphatic heterocycles. The summed E-state index contributed by atoms with van der Waals surface area (Å²) < 4.78 is 9.33. The van der Waals surface area contributed by atoms with Crippen LogP contribution < -0.4 is 0 Å². The summed E-state index contributed by atoms with van der Waals surface area (Å²) in [4.78, 5) is 33.5. The van der Waals surface area contributed by atoms with Gasteiger partial charge in [-0.05, 0) is 13.8 Å². The summed E-state index contributed by atoms with van der Waals surface area (Å²) in [6.07, 6.45) is -1.16. The van der Waals surface area contributed by atoms with Crippen molar-refractivity contribution in [2.24, 2.45) is 5.92 Å². The Kier molecular flexibility index (Phi) is 5.19. The normalized spacial score (nSPS) is 10.7. The van der Waals surface area contributed by atoms with Gasteiger partial charge in [0.1, 0.15) is 17.5 Å². The molecule has 5 nitrogen and oxygen atoms in total. The van der Waals surface area contributed by atoms with Gasteiger partial charge in [-0.2, -0.15) is 0 Å². The highest BCUT2D eigenvalue weighted by Crippen LogP contribution is 2.08. The zero-order valence-electron chi connectivity index (χ0n) is 8.70. The molecule has 0 rings (SSSR count). The number of carbonyl (C=O) groups is 3. The number of hydrogen-bond acceptors (Lipinski definition) is 5. The van der Waals surface area contributed by atoms with Crippen LogP contribution in [0, 0.1) is 5.92 Å². The van der Waals surface area contributed by atoms with Crippen molar-refractivity contribution in [2.75, 3.05) is 14.2 Å². The van der Waals surface area contributed by atoms with E-state index in [2.05, 4.69) is 9.47 Å². The first kappa shape index (κ1) is 12.9. The van der Waals surface area contributed by atoms with Crippen LogP contribution >= 0.6 is 0 Å². The fourth-order valence-electron chi connectivity index (χ4n) is 1.15. The van der Waals surface area contributed by atoms with E-state index < -0.39 is 29.6 Å². The third-order valence-electron chi connectivity index (χ3n) is 1.76. The highest BCUT2D eigenvalue weighted by Gasteiger charge is 2.33. The molecule has 14 heavy (non-hydrogen) atoms. The Bertz CT molecular complexity index is 228. The lowest BCUT2D eigenvalue weighted by atomic mass is 9.95. The van der Waals surface area contributed by atoms with Crippen molar-refractivity contribution >= 4 is 17.3 Å². The number of methoxy groups -OCH3 is 2. The zero-order valence-corrected chi connectivity index (χ0v) is 8.70.